The Kier molecular flexibility index (Phi) is 4.91. The van der Waals surface area contributed by atoms with Crippen LogP contribution in [-0.2, 0) is 0 Å². The second-order valence-corrected chi connectivity index (χ2v) is 8.51. The number of benzene rings is 2. The molecule has 7 heteroatoms. The van der Waals surface area contributed by atoms with Crippen LogP contribution in [0, 0.1) is 14.1 Å². The first kappa shape index (κ1) is 16.4. The SMILES string of the molecule is Cc1cc2sc(NC(=O)c3cc(I)ccc3I)nc2cc1Cl. The predicted molar refractivity (Wildman–Crippen MR) is 109 cm³/mol. The minimum absolute atomic E-state index is 0.148. The molecule has 0 atom stereocenters. The Morgan fingerprint density at radius 1 is 1.27 bits per heavy atom. The van der Waals surface area contributed by atoms with Crippen LogP contribution >= 0.6 is 68.1 Å². The summed E-state index contributed by atoms with van der Waals surface area (Å²) in [7, 11) is 0. The summed E-state index contributed by atoms with van der Waals surface area (Å²) >= 11 is 11.9. The highest BCUT2D eigenvalue weighted by Crippen LogP contribution is 2.30. The van der Waals surface area contributed by atoms with Gasteiger partial charge in [0.05, 0.1) is 15.8 Å². The second-order valence-electron chi connectivity index (χ2n) is 4.67. The minimum atomic E-state index is -0.148. The zero-order valence-electron chi connectivity index (χ0n) is 11.3. The summed E-state index contributed by atoms with van der Waals surface area (Å²) in [6.07, 6.45) is 0. The highest BCUT2D eigenvalue weighted by atomic mass is 127. The van der Waals surface area contributed by atoms with Gasteiger partial charge in [0.15, 0.2) is 5.13 Å². The first-order valence-corrected chi connectivity index (χ1v) is 9.62. The van der Waals surface area contributed by atoms with E-state index in [-0.39, 0.29) is 5.91 Å². The second kappa shape index (κ2) is 6.58. The number of aromatic nitrogens is 1. The molecule has 2 aromatic carbocycles. The molecule has 3 aromatic rings. The van der Waals surface area contributed by atoms with E-state index < -0.39 is 0 Å². The van der Waals surface area contributed by atoms with Crippen LogP contribution in [0.2, 0.25) is 5.02 Å². The number of fused-ring (bicyclic) bond motifs is 1. The maximum Gasteiger partial charge on any atom is 0.258 e. The number of rotatable bonds is 2. The fourth-order valence-electron chi connectivity index (χ4n) is 1.94. The topological polar surface area (TPSA) is 42.0 Å². The zero-order valence-corrected chi connectivity index (χ0v) is 17.2. The van der Waals surface area contributed by atoms with Crippen molar-refractivity contribution in [3.05, 3.63) is 53.6 Å². The van der Waals surface area contributed by atoms with Crippen molar-refractivity contribution in [2.75, 3.05) is 5.32 Å². The van der Waals surface area contributed by atoms with E-state index in [1.54, 1.807) is 0 Å². The Bertz CT molecular complexity index is 856. The maximum atomic E-state index is 12.4. The molecule has 1 heterocycles. The van der Waals surface area contributed by atoms with Crippen LogP contribution in [0.15, 0.2) is 30.3 Å². The summed E-state index contributed by atoms with van der Waals surface area (Å²) in [6.45, 7) is 1.95. The lowest BCUT2D eigenvalue weighted by molar-refractivity contribution is 0.102. The van der Waals surface area contributed by atoms with Crippen molar-refractivity contribution in [2.24, 2.45) is 0 Å². The number of nitrogens with zero attached hydrogens (tertiary/aromatic N) is 1. The first-order valence-electron chi connectivity index (χ1n) is 6.27. The summed E-state index contributed by atoms with van der Waals surface area (Å²) in [5.74, 6) is -0.148. The number of nitrogens with one attached hydrogen (secondary N) is 1. The van der Waals surface area contributed by atoms with Crippen LogP contribution in [-0.4, -0.2) is 10.9 Å². The predicted octanol–water partition coefficient (Wildman–Crippen LogP) is 5.72. The van der Waals surface area contributed by atoms with Gasteiger partial charge in [0.1, 0.15) is 0 Å². The molecule has 0 saturated carbocycles. The molecular formula is C15H9ClI2N2OS. The van der Waals surface area contributed by atoms with E-state index in [1.807, 2.05) is 37.3 Å². The minimum Gasteiger partial charge on any atom is -0.298 e. The van der Waals surface area contributed by atoms with E-state index >= 15 is 0 Å². The molecule has 0 radical (unpaired) electrons. The molecule has 0 bridgehead atoms. The summed E-state index contributed by atoms with van der Waals surface area (Å²) < 4.78 is 2.94. The summed E-state index contributed by atoms with van der Waals surface area (Å²) in [6, 6.07) is 9.58. The van der Waals surface area contributed by atoms with E-state index in [0.717, 1.165) is 22.9 Å². The van der Waals surface area contributed by atoms with Crippen LogP contribution in [0.4, 0.5) is 5.13 Å². The van der Waals surface area contributed by atoms with Gasteiger partial charge in [-0.15, -0.1) is 0 Å². The average molecular weight is 555 g/mol. The van der Waals surface area contributed by atoms with Gasteiger partial charge in [0.2, 0.25) is 0 Å². The number of amides is 1. The van der Waals surface area contributed by atoms with Gasteiger partial charge in [-0.3, -0.25) is 10.1 Å². The summed E-state index contributed by atoms with van der Waals surface area (Å²) in [4.78, 5) is 16.8. The molecule has 1 N–H and O–H groups in total. The zero-order chi connectivity index (χ0) is 15.9. The lowest BCUT2D eigenvalue weighted by Crippen LogP contribution is -2.13. The molecule has 22 heavy (non-hydrogen) atoms. The Balaban J connectivity index is 1.92. The van der Waals surface area contributed by atoms with E-state index in [9.17, 15) is 4.79 Å². The van der Waals surface area contributed by atoms with Crippen molar-refractivity contribution < 1.29 is 4.79 Å². The van der Waals surface area contributed by atoms with Crippen LogP contribution in [0.1, 0.15) is 15.9 Å². The lowest BCUT2D eigenvalue weighted by Gasteiger charge is -2.04. The van der Waals surface area contributed by atoms with Gasteiger partial charge in [-0.1, -0.05) is 22.9 Å². The smallest absolute Gasteiger partial charge is 0.258 e. The Morgan fingerprint density at radius 3 is 2.82 bits per heavy atom. The number of halogens is 3. The van der Waals surface area contributed by atoms with Crippen LogP contribution in [0.25, 0.3) is 10.2 Å². The van der Waals surface area contributed by atoms with E-state index in [4.69, 9.17) is 11.6 Å². The molecule has 112 valence electrons. The third-order valence-electron chi connectivity index (χ3n) is 3.06. The lowest BCUT2D eigenvalue weighted by atomic mass is 10.2. The van der Waals surface area contributed by atoms with Gasteiger partial charge in [-0.05, 0) is 88.0 Å². The van der Waals surface area contributed by atoms with Crippen molar-refractivity contribution >= 4 is 89.4 Å². The Labute approximate surface area is 163 Å². The van der Waals surface area contributed by atoms with Gasteiger partial charge < -0.3 is 0 Å². The number of carbonyl (C=O) groups is 1. The molecular weight excluding hydrogens is 546 g/mol. The number of thiazole rings is 1. The summed E-state index contributed by atoms with van der Waals surface area (Å²) in [5.41, 5.74) is 2.46. The molecule has 3 rings (SSSR count). The molecule has 0 aliphatic rings. The Hall–Kier alpha value is -0.450. The molecule has 0 fully saturated rings. The van der Waals surface area contributed by atoms with Crippen molar-refractivity contribution in [2.45, 2.75) is 6.92 Å². The normalized spacial score (nSPS) is 10.9. The van der Waals surface area contributed by atoms with Gasteiger partial charge in [0.25, 0.3) is 5.91 Å². The fourth-order valence-corrected chi connectivity index (χ4v) is 4.11. The monoisotopic (exact) mass is 554 g/mol. The standard InChI is InChI=1S/C15H9ClI2N2OS/c1-7-4-13-12(6-10(7)16)19-15(22-13)20-14(21)9-5-8(17)2-3-11(9)18/h2-6H,1H3,(H,19,20,21). The molecule has 0 unspecified atom stereocenters. The van der Waals surface area contributed by atoms with Crippen LogP contribution < -0.4 is 5.32 Å². The quantitative estimate of drug-likeness (QED) is 0.412. The van der Waals surface area contributed by atoms with Crippen molar-refractivity contribution in [1.29, 1.82) is 0 Å². The molecule has 0 aliphatic heterocycles. The van der Waals surface area contributed by atoms with Crippen molar-refractivity contribution in [3.8, 4) is 0 Å². The van der Waals surface area contributed by atoms with Crippen LogP contribution in [0.3, 0.4) is 0 Å². The third kappa shape index (κ3) is 3.39. The molecule has 0 aliphatic carbocycles. The van der Waals surface area contributed by atoms with Gasteiger partial charge >= 0.3 is 0 Å². The van der Waals surface area contributed by atoms with E-state index in [1.165, 1.54) is 11.3 Å². The number of carbonyl (C=O) groups excluding carboxylic acids is 1. The summed E-state index contributed by atoms with van der Waals surface area (Å²) in [5, 5.41) is 4.13. The highest BCUT2D eigenvalue weighted by Gasteiger charge is 2.14. The number of hydrogen-bond acceptors (Lipinski definition) is 3. The van der Waals surface area contributed by atoms with E-state index in [2.05, 4.69) is 55.5 Å². The van der Waals surface area contributed by atoms with Crippen molar-refractivity contribution in [3.63, 3.8) is 0 Å². The Morgan fingerprint density at radius 2 is 2.05 bits per heavy atom. The largest absolute Gasteiger partial charge is 0.298 e. The van der Waals surface area contributed by atoms with Crippen LogP contribution in [0.5, 0.6) is 0 Å². The van der Waals surface area contributed by atoms with Gasteiger partial charge in [-0.25, -0.2) is 4.98 Å². The maximum absolute atomic E-state index is 12.4. The fraction of sp³-hybridized carbons (Fsp3) is 0.0667. The van der Waals surface area contributed by atoms with Crippen molar-refractivity contribution in [1.82, 2.24) is 4.98 Å². The number of aryl methyl sites for hydroxylation is 1. The molecule has 1 aromatic heterocycles. The van der Waals surface area contributed by atoms with Gasteiger partial charge in [0, 0.05) is 12.2 Å². The number of hydrogen-bond donors (Lipinski definition) is 1. The molecule has 0 saturated heterocycles. The average Bonchev–Trinajstić information content (AvgIpc) is 2.83. The molecule has 1 amide bonds. The molecule has 3 nitrogen and oxygen atoms in total. The highest BCUT2D eigenvalue weighted by molar-refractivity contribution is 14.1. The van der Waals surface area contributed by atoms with E-state index in [0.29, 0.717) is 15.7 Å². The first-order chi connectivity index (χ1) is 10.4. The molecule has 0 spiro atoms. The number of anilines is 1. The third-order valence-corrected chi connectivity index (χ3v) is 6.01. The van der Waals surface area contributed by atoms with Gasteiger partial charge in [-0.2, -0.15) is 0 Å².